The second-order valence-electron chi connectivity index (χ2n) is 5.19. The van der Waals surface area contributed by atoms with Crippen molar-refractivity contribution in [2.75, 3.05) is 18.9 Å². The number of hydrogen-bond acceptors (Lipinski definition) is 5. The molecule has 1 aromatic carbocycles. The van der Waals surface area contributed by atoms with E-state index in [2.05, 4.69) is 10.0 Å². The standard InChI is InChI=1S/C13H19N3O4S/c1-14-11-6-7-13(12(8-11)16(17)18)21(19,20)15-9-10-4-2-3-5-10/h6-8,10,14-15H,2-5,9H2,1H3. The predicted molar refractivity (Wildman–Crippen MR) is 79.8 cm³/mol. The minimum Gasteiger partial charge on any atom is -0.388 e. The third-order valence-electron chi connectivity index (χ3n) is 3.77. The minimum absolute atomic E-state index is 0.288. The van der Waals surface area contributed by atoms with Crippen LogP contribution in [0.4, 0.5) is 11.4 Å². The Bertz CT molecular complexity index is 624. The Hall–Kier alpha value is -1.67. The average molecular weight is 313 g/mol. The smallest absolute Gasteiger partial charge is 0.291 e. The molecule has 8 heteroatoms. The fourth-order valence-corrected chi connectivity index (χ4v) is 3.83. The number of hydrogen-bond donors (Lipinski definition) is 2. The van der Waals surface area contributed by atoms with Gasteiger partial charge >= 0.3 is 0 Å². The van der Waals surface area contributed by atoms with Crippen molar-refractivity contribution in [1.29, 1.82) is 0 Å². The van der Waals surface area contributed by atoms with Crippen LogP contribution in [0.15, 0.2) is 23.1 Å². The molecule has 0 saturated heterocycles. The molecule has 0 aliphatic heterocycles. The van der Waals surface area contributed by atoms with Gasteiger partial charge < -0.3 is 5.32 Å². The SMILES string of the molecule is CNc1ccc(S(=O)(=O)NCC2CCCC2)c([N+](=O)[O-])c1. The van der Waals surface area contributed by atoms with Gasteiger partial charge in [0.15, 0.2) is 4.90 Å². The molecule has 1 aliphatic rings. The highest BCUT2D eigenvalue weighted by Gasteiger charge is 2.27. The van der Waals surface area contributed by atoms with Crippen LogP contribution in [0.3, 0.4) is 0 Å². The lowest BCUT2D eigenvalue weighted by molar-refractivity contribution is -0.387. The van der Waals surface area contributed by atoms with Crippen molar-refractivity contribution in [3.63, 3.8) is 0 Å². The summed E-state index contributed by atoms with van der Waals surface area (Å²) in [5.74, 6) is 0.329. The summed E-state index contributed by atoms with van der Waals surface area (Å²) >= 11 is 0. The molecule has 0 radical (unpaired) electrons. The molecule has 2 rings (SSSR count). The van der Waals surface area contributed by atoms with Crippen LogP contribution in [0.1, 0.15) is 25.7 Å². The summed E-state index contributed by atoms with van der Waals surface area (Å²) in [6, 6.07) is 4.00. The normalized spacial score (nSPS) is 16.0. The molecule has 0 heterocycles. The van der Waals surface area contributed by atoms with Crippen LogP contribution in [0, 0.1) is 16.0 Å². The van der Waals surface area contributed by atoms with Crippen molar-refractivity contribution in [2.24, 2.45) is 5.92 Å². The third-order valence-corrected chi connectivity index (χ3v) is 5.24. The van der Waals surface area contributed by atoms with Crippen LogP contribution in [-0.4, -0.2) is 26.9 Å². The highest BCUT2D eigenvalue weighted by Crippen LogP contribution is 2.28. The summed E-state index contributed by atoms with van der Waals surface area (Å²) in [5, 5.41) is 13.8. The van der Waals surface area contributed by atoms with Gasteiger partial charge in [-0.1, -0.05) is 12.8 Å². The van der Waals surface area contributed by atoms with Gasteiger partial charge in [0.2, 0.25) is 10.0 Å². The Kier molecular flexibility index (Phi) is 4.79. The number of nitro benzene ring substituents is 1. The first kappa shape index (κ1) is 15.7. The molecule has 0 unspecified atom stereocenters. The van der Waals surface area contributed by atoms with Crippen molar-refractivity contribution in [1.82, 2.24) is 4.72 Å². The van der Waals surface area contributed by atoms with Gasteiger partial charge in [0.25, 0.3) is 5.69 Å². The molecule has 0 aromatic heterocycles. The third kappa shape index (κ3) is 3.70. The fourth-order valence-electron chi connectivity index (χ4n) is 2.56. The largest absolute Gasteiger partial charge is 0.388 e. The second-order valence-corrected chi connectivity index (χ2v) is 6.93. The maximum atomic E-state index is 12.3. The molecule has 2 N–H and O–H groups in total. The van der Waals surface area contributed by atoms with Crippen molar-refractivity contribution in [2.45, 2.75) is 30.6 Å². The Morgan fingerprint density at radius 3 is 2.57 bits per heavy atom. The number of rotatable bonds is 6. The highest BCUT2D eigenvalue weighted by atomic mass is 32.2. The van der Waals surface area contributed by atoms with Gasteiger partial charge in [-0.3, -0.25) is 10.1 Å². The molecule has 21 heavy (non-hydrogen) atoms. The van der Waals surface area contributed by atoms with Crippen molar-refractivity contribution < 1.29 is 13.3 Å². The number of sulfonamides is 1. The van der Waals surface area contributed by atoms with Gasteiger partial charge in [-0.2, -0.15) is 0 Å². The maximum absolute atomic E-state index is 12.3. The van der Waals surface area contributed by atoms with Gasteiger partial charge in [0.1, 0.15) is 0 Å². The first-order chi connectivity index (χ1) is 9.94. The van der Waals surface area contributed by atoms with E-state index in [1.807, 2.05) is 0 Å². The maximum Gasteiger partial charge on any atom is 0.291 e. The Balaban J connectivity index is 2.23. The number of nitro groups is 1. The van der Waals surface area contributed by atoms with Crippen LogP contribution in [0.5, 0.6) is 0 Å². The highest BCUT2D eigenvalue weighted by molar-refractivity contribution is 7.89. The monoisotopic (exact) mass is 313 g/mol. The molecule has 116 valence electrons. The lowest BCUT2D eigenvalue weighted by atomic mass is 10.1. The van der Waals surface area contributed by atoms with E-state index in [1.165, 1.54) is 18.2 Å². The summed E-state index contributed by atoms with van der Waals surface area (Å²) in [4.78, 5) is 10.1. The summed E-state index contributed by atoms with van der Waals surface area (Å²) in [7, 11) is -2.25. The summed E-state index contributed by atoms with van der Waals surface area (Å²) in [6.07, 6.45) is 4.24. The van der Waals surface area contributed by atoms with E-state index in [1.54, 1.807) is 7.05 Å². The molecular formula is C13H19N3O4S. The number of benzene rings is 1. The van der Waals surface area contributed by atoms with Gasteiger partial charge in [0, 0.05) is 25.3 Å². The molecule has 0 spiro atoms. The summed E-state index contributed by atoms with van der Waals surface area (Å²) in [6.45, 7) is 0.341. The van der Waals surface area contributed by atoms with Gasteiger partial charge in [-0.25, -0.2) is 13.1 Å². The van der Waals surface area contributed by atoms with Gasteiger partial charge in [-0.15, -0.1) is 0 Å². The molecule has 7 nitrogen and oxygen atoms in total. The van der Waals surface area contributed by atoms with E-state index in [0.717, 1.165) is 25.7 Å². The number of nitrogens with zero attached hydrogens (tertiary/aromatic N) is 1. The molecule has 1 aromatic rings. The lowest BCUT2D eigenvalue weighted by Crippen LogP contribution is -2.29. The molecular weight excluding hydrogens is 294 g/mol. The van der Waals surface area contributed by atoms with Crippen molar-refractivity contribution in [3.05, 3.63) is 28.3 Å². The molecule has 1 saturated carbocycles. The van der Waals surface area contributed by atoms with Crippen molar-refractivity contribution >= 4 is 21.4 Å². The Morgan fingerprint density at radius 2 is 2.00 bits per heavy atom. The van der Waals surface area contributed by atoms with E-state index < -0.39 is 20.6 Å². The number of nitrogens with one attached hydrogen (secondary N) is 2. The van der Waals surface area contributed by atoms with E-state index in [4.69, 9.17) is 0 Å². The molecule has 1 aliphatic carbocycles. The van der Waals surface area contributed by atoms with Crippen LogP contribution >= 0.6 is 0 Å². The molecule has 1 fully saturated rings. The Labute approximate surface area is 123 Å². The second kappa shape index (κ2) is 6.40. The Morgan fingerprint density at radius 1 is 1.33 bits per heavy atom. The zero-order valence-electron chi connectivity index (χ0n) is 11.8. The predicted octanol–water partition coefficient (Wildman–Crippen LogP) is 2.10. The topological polar surface area (TPSA) is 101 Å². The number of anilines is 1. The minimum atomic E-state index is -3.87. The quantitative estimate of drug-likeness (QED) is 0.618. The molecule has 0 amide bonds. The van der Waals surface area contributed by atoms with Crippen LogP contribution < -0.4 is 10.0 Å². The first-order valence-electron chi connectivity index (χ1n) is 6.90. The van der Waals surface area contributed by atoms with E-state index in [-0.39, 0.29) is 4.90 Å². The zero-order chi connectivity index (χ0) is 15.5. The first-order valence-corrected chi connectivity index (χ1v) is 8.38. The van der Waals surface area contributed by atoms with Crippen LogP contribution in [-0.2, 0) is 10.0 Å². The van der Waals surface area contributed by atoms with Crippen LogP contribution in [0.25, 0.3) is 0 Å². The van der Waals surface area contributed by atoms with E-state index >= 15 is 0 Å². The average Bonchev–Trinajstić information content (AvgIpc) is 2.98. The van der Waals surface area contributed by atoms with Gasteiger partial charge in [0.05, 0.1) is 4.92 Å². The van der Waals surface area contributed by atoms with Gasteiger partial charge in [-0.05, 0) is 30.9 Å². The zero-order valence-corrected chi connectivity index (χ0v) is 12.6. The fraction of sp³-hybridized carbons (Fsp3) is 0.538. The summed E-state index contributed by atoms with van der Waals surface area (Å²) in [5.41, 5.74) is 0.0808. The lowest BCUT2D eigenvalue weighted by Gasteiger charge is -2.12. The molecule has 0 bridgehead atoms. The van der Waals surface area contributed by atoms with E-state index in [9.17, 15) is 18.5 Å². The van der Waals surface area contributed by atoms with E-state index in [0.29, 0.717) is 18.2 Å². The van der Waals surface area contributed by atoms with Crippen molar-refractivity contribution in [3.8, 4) is 0 Å². The molecule has 0 atom stereocenters. The van der Waals surface area contributed by atoms with Crippen LogP contribution in [0.2, 0.25) is 0 Å². The summed E-state index contributed by atoms with van der Waals surface area (Å²) < 4.78 is 27.1.